The fourth-order valence-corrected chi connectivity index (χ4v) is 2.17. The summed E-state index contributed by atoms with van der Waals surface area (Å²) in [4.78, 5) is 14.5. The van der Waals surface area contributed by atoms with E-state index in [-0.39, 0.29) is 11.1 Å². The van der Waals surface area contributed by atoms with E-state index in [2.05, 4.69) is 36.4 Å². The molecular weight excluding hydrogens is 250 g/mol. The number of para-hydroxylation sites is 1. The number of H-pyrrole nitrogens is 1. The minimum atomic E-state index is -0.0479. The molecule has 1 aromatic heterocycles. The molecule has 0 amide bonds. The van der Waals surface area contributed by atoms with Crippen molar-refractivity contribution in [3.8, 4) is 0 Å². The van der Waals surface area contributed by atoms with Crippen molar-refractivity contribution in [1.82, 2.24) is 15.6 Å². The molecule has 1 heterocycles. The van der Waals surface area contributed by atoms with Gasteiger partial charge in [-0.2, -0.15) is 0 Å². The molecule has 0 bridgehead atoms. The van der Waals surface area contributed by atoms with E-state index >= 15 is 0 Å². The lowest BCUT2D eigenvalue weighted by Crippen LogP contribution is -2.40. The van der Waals surface area contributed by atoms with Gasteiger partial charge in [-0.3, -0.25) is 4.79 Å². The van der Waals surface area contributed by atoms with Crippen LogP contribution in [-0.4, -0.2) is 23.6 Å². The standard InChI is InChI=1S/C16H23N3O/c1-16(2,3)18-9-8-17-11-12-10-15(20)19-14-7-5-4-6-13(12)14/h4-7,10,17-18H,8-9,11H2,1-3H3,(H,19,20). The first-order valence-electron chi connectivity index (χ1n) is 7.02. The third kappa shape index (κ3) is 4.18. The molecule has 0 fully saturated rings. The highest BCUT2D eigenvalue weighted by atomic mass is 16.1. The summed E-state index contributed by atoms with van der Waals surface area (Å²) in [5, 5.41) is 7.90. The summed E-state index contributed by atoms with van der Waals surface area (Å²) < 4.78 is 0. The van der Waals surface area contributed by atoms with Gasteiger partial charge in [0.2, 0.25) is 5.56 Å². The first kappa shape index (κ1) is 14.8. The highest BCUT2D eigenvalue weighted by Gasteiger charge is 2.07. The minimum absolute atomic E-state index is 0.0479. The van der Waals surface area contributed by atoms with E-state index in [1.807, 2.05) is 24.3 Å². The van der Waals surface area contributed by atoms with Crippen molar-refractivity contribution in [2.75, 3.05) is 13.1 Å². The molecule has 1 aromatic carbocycles. The number of hydrogen-bond acceptors (Lipinski definition) is 3. The number of nitrogens with one attached hydrogen (secondary N) is 3. The van der Waals surface area contributed by atoms with Gasteiger partial charge in [-0.1, -0.05) is 18.2 Å². The average Bonchev–Trinajstić information content (AvgIpc) is 2.36. The zero-order valence-electron chi connectivity index (χ0n) is 12.4. The predicted molar refractivity (Wildman–Crippen MR) is 84.0 cm³/mol. The monoisotopic (exact) mass is 273 g/mol. The highest BCUT2D eigenvalue weighted by molar-refractivity contribution is 5.81. The SMILES string of the molecule is CC(C)(C)NCCNCc1cc(=O)[nH]c2ccccc12. The average molecular weight is 273 g/mol. The van der Waals surface area contributed by atoms with Crippen LogP contribution in [0.15, 0.2) is 35.1 Å². The number of hydrogen-bond donors (Lipinski definition) is 3. The van der Waals surface area contributed by atoms with Crippen LogP contribution in [0.4, 0.5) is 0 Å². The molecule has 0 aliphatic rings. The van der Waals surface area contributed by atoms with E-state index in [0.717, 1.165) is 29.6 Å². The van der Waals surface area contributed by atoms with Gasteiger partial charge in [0.15, 0.2) is 0 Å². The van der Waals surface area contributed by atoms with Crippen molar-refractivity contribution in [3.05, 3.63) is 46.2 Å². The lowest BCUT2D eigenvalue weighted by atomic mass is 10.1. The van der Waals surface area contributed by atoms with E-state index in [1.54, 1.807) is 6.07 Å². The molecule has 0 aliphatic carbocycles. The van der Waals surface area contributed by atoms with Crippen LogP contribution < -0.4 is 16.2 Å². The smallest absolute Gasteiger partial charge is 0.248 e. The summed E-state index contributed by atoms with van der Waals surface area (Å²) in [7, 11) is 0. The molecule has 4 heteroatoms. The second-order valence-corrected chi connectivity index (χ2v) is 6.06. The normalized spacial score (nSPS) is 11.9. The Kier molecular flexibility index (Phi) is 4.57. The summed E-state index contributed by atoms with van der Waals surface area (Å²) in [5.74, 6) is 0. The van der Waals surface area contributed by atoms with Crippen LogP contribution in [-0.2, 0) is 6.54 Å². The van der Waals surface area contributed by atoms with E-state index in [9.17, 15) is 4.79 Å². The van der Waals surface area contributed by atoms with Crippen LogP contribution in [0.25, 0.3) is 10.9 Å². The van der Waals surface area contributed by atoms with Crippen molar-refractivity contribution >= 4 is 10.9 Å². The molecule has 0 spiro atoms. The van der Waals surface area contributed by atoms with Gasteiger partial charge >= 0.3 is 0 Å². The molecular formula is C16H23N3O. The Hall–Kier alpha value is -1.65. The number of fused-ring (bicyclic) bond motifs is 1. The van der Waals surface area contributed by atoms with Gasteiger partial charge < -0.3 is 15.6 Å². The highest BCUT2D eigenvalue weighted by Crippen LogP contribution is 2.13. The molecule has 2 rings (SSSR count). The summed E-state index contributed by atoms with van der Waals surface area (Å²) in [6.07, 6.45) is 0. The first-order chi connectivity index (χ1) is 9.46. The topological polar surface area (TPSA) is 56.9 Å². The molecule has 0 aliphatic heterocycles. The third-order valence-electron chi connectivity index (χ3n) is 3.11. The maximum Gasteiger partial charge on any atom is 0.248 e. The number of pyridine rings is 1. The first-order valence-corrected chi connectivity index (χ1v) is 7.02. The van der Waals surface area contributed by atoms with Crippen LogP contribution in [0, 0.1) is 0 Å². The van der Waals surface area contributed by atoms with E-state index in [1.165, 1.54) is 0 Å². The number of aromatic amines is 1. The van der Waals surface area contributed by atoms with E-state index in [4.69, 9.17) is 0 Å². The van der Waals surface area contributed by atoms with Crippen LogP contribution in [0.5, 0.6) is 0 Å². The Morgan fingerprint density at radius 2 is 1.90 bits per heavy atom. The predicted octanol–water partition coefficient (Wildman–Crippen LogP) is 2.01. The second-order valence-electron chi connectivity index (χ2n) is 6.06. The largest absolute Gasteiger partial charge is 0.322 e. The summed E-state index contributed by atoms with van der Waals surface area (Å²) >= 11 is 0. The van der Waals surface area contributed by atoms with Crippen LogP contribution in [0.2, 0.25) is 0 Å². The van der Waals surface area contributed by atoms with E-state index < -0.39 is 0 Å². The fraction of sp³-hybridized carbons (Fsp3) is 0.438. The van der Waals surface area contributed by atoms with Crippen molar-refractivity contribution in [3.63, 3.8) is 0 Å². The van der Waals surface area contributed by atoms with Gasteiger partial charge in [0.05, 0.1) is 0 Å². The van der Waals surface area contributed by atoms with E-state index in [0.29, 0.717) is 6.54 Å². The molecule has 0 radical (unpaired) electrons. The third-order valence-corrected chi connectivity index (χ3v) is 3.11. The lowest BCUT2D eigenvalue weighted by molar-refractivity contribution is 0.421. The number of rotatable bonds is 5. The van der Waals surface area contributed by atoms with Gasteiger partial charge in [-0.15, -0.1) is 0 Å². The molecule has 0 saturated heterocycles. The van der Waals surface area contributed by atoms with Crippen molar-refractivity contribution in [2.45, 2.75) is 32.9 Å². The van der Waals surface area contributed by atoms with Gasteiger partial charge in [0, 0.05) is 42.1 Å². The van der Waals surface area contributed by atoms with Gasteiger partial charge in [-0.25, -0.2) is 0 Å². The molecule has 108 valence electrons. The molecule has 0 atom stereocenters. The quantitative estimate of drug-likeness (QED) is 0.730. The Bertz CT molecular complexity index is 625. The Morgan fingerprint density at radius 1 is 1.15 bits per heavy atom. The number of benzene rings is 1. The zero-order valence-corrected chi connectivity index (χ0v) is 12.4. The van der Waals surface area contributed by atoms with Crippen molar-refractivity contribution < 1.29 is 0 Å². The van der Waals surface area contributed by atoms with Crippen LogP contribution in [0.1, 0.15) is 26.3 Å². The van der Waals surface area contributed by atoms with Crippen LogP contribution in [0.3, 0.4) is 0 Å². The Labute approximate surface area is 119 Å². The fourth-order valence-electron chi connectivity index (χ4n) is 2.17. The molecule has 3 N–H and O–H groups in total. The van der Waals surface area contributed by atoms with Crippen molar-refractivity contribution in [1.29, 1.82) is 0 Å². The molecule has 4 nitrogen and oxygen atoms in total. The molecule has 0 unspecified atom stereocenters. The van der Waals surface area contributed by atoms with Crippen molar-refractivity contribution in [2.24, 2.45) is 0 Å². The summed E-state index contributed by atoms with van der Waals surface area (Å²) in [6.45, 7) is 8.94. The molecule has 20 heavy (non-hydrogen) atoms. The Morgan fingerprint density at radius 3 is 2.65 bits per heavy atom. The second kappa shape index (κ2) is 6.20. The van der Waals surface area contributed by atoms with Gasteiger partial charge in [-0.05, 0) is 32.4 Å². The van der Waals surface area contributed by atoms with Crippen LogP contribution >= 0.6 is 0 Å². The van der Waals surface area contributed by atoms with Gasteiger partial charge in [0.25, 0.3) is 0 Å². The molecule has 2 aromatic rings. The maximum absolute atomic E-state index is 11.6. The zero-order chi connectivity index (χ0) is 14.6. The Balaban J connectivity index is 1.98. The minimum Gasteiger partial charge on any atom is -0.322 e. The maximum atomic E-state index is 11.6. The summed E-state index contributed by atoms with van der Waals surface area (Å²) in [5.41, 5.74) is 2.02. The lowest BCUT2D eigenvalue weighted by Gasteiger charge is -2.20. The number of aromatic nitrogens is 1. The summed E-state index contributed by atoms with van der Waals surface area (Å²) in [6, 6.07) is 9.57. The molecule has 0 saturated carbocycles. The van der Waals surface area contributed by atoms with Gasteiger partial charge in [0.1, 0.15) is 0 Å².